The van der Waals surface area contributed by atoms with Crippen LogP contribution in [0.4, 0.5) is 0 Å². The third-order valence-electron chi connectivity index (χ3n) is 1.09. The maximum absolute atomic E-state index is 8.70. The van der Waals surface area contributed by atoms with Gasteiger partial charge in [0.1, 0.15) is 0 Å². The van der Waals surface area contributed by atoms with Gasteiger partial charge in [0.15, 0.2) is 0 Å². The smallest absolute Gasteiger partial charge is 0.0662 e. The predicted molar refractivity (Wildman–Crippen MR) is 29.9 cm³/mol. The molecule has 7 heavy (non-hydrogen) atoms. The van der Waals surface area contributed by atoms with Crippen LogP contribution in [0.15, 0.2) is 0 Å². The van der Waals surface area contributed by atoms with Gasteiger partial charge in [-0.15, -0.1) is 0 Å². The molecular weight excluding hydrogens is 90.1 g/mol. The first kappa shape index (κ1) is 6.92. The summed E-state index contributed by atoms with van der Waals surface area (Å²) in [5, 5.41) is 8.70. The number of hydrogen-bond donors (Lipinski definition) is 2. The average Bonchev–Trinajstić information content (AvgIpc) is 1.65. The lowest BCUT2D eigenvalue weighted by atomic mass is 10.1. The summed E-state index contributed by atoms with van der Waals surface area (Å²) in [5.74, 6) is 0. The Labute approximate surface area is 44.3 Å². The molecule has 0 aromatic carbocycles. The van der Waals surface area contributed by atoms with E-state index in [0.717, 1.165) is 6.42 Å². The van der Waals surface area contributed by atoms with Crippen molar-refractivity contribution in [3.63, 3.8) is 0 Å². The second-order valence-corrected chi connectivity index (χ2v) is 1.81. The highest BCUT2D eigenvalue weighted by atomic mass is 16.3. The van der Waals surface area contributed by atoms with Crippen LogP contribution in [0.1, 0.15) is 20.3 Å². The highest BCUT2D eigenvalue weighted by Crippen LogP contribution is 1.91. The zero-order valence-electron chi connectivity index (χ0n) is 4.89. The Kier molecular flexibility index (Phi) is 2.96. The van der Waals surface area contributed by atoms with Crippen molar-refractivity contribution in [1.82, 2.24) is 0 Å². The van der Waals surface area contributed by atoms with Crippen molar-refractivity contribution in [3.8, 4) is 0 Å². The molecule has 0 bridgehead atoms. The summed E-state index contributed by atoms with van der Waals surface area (Å²) in [4.78, 5) is 0. The number of aliphatic hydroxyl groups excluding tert-OH is 1. The largest absolute Gasteiger partial charge is 0.392 e. The molecule has 0 aliphatic heterocycles. The molecule has 2 heteroatoms. The van der Waals surface area contributed by atoms with Gasteiger partial charge in [0.2, 0.25) is 0 Å². The number of aliphatic hydroxyl groups is 1. The van der Waals surface area contributed by atoms with E-state index in [1.165, 1.54) is 0 Å². The van der Waals surface area contributed by atoms with Gasteiger partial charge in [0, 0.05) is 6.04 Å². The van der Waals surface area contributed by atoms with Gasteiger partial charge in [-0.05, 0) is 13.3 Å². The topological polar surface area (TPSA) is 46.2 Å². The molecule has 0 aliphatic rings. The standard InChI is InChI=1S/C5H13NO/c1-3-5(6)4(2)7/h4-5,7H,3,6H2,1-2H3. The highest BCUT2D eigenvalue weighted by molar-refractivity contribution is 4.63. The summed E-state index contributed by atoms with van der Waals surface area (Å²) in [6.45, 7) is 3.66. The van der Waals surface area contributed by atoms with Crippen LogP contribution in [0.2, 0.25) is 0 Å². The summed E-state index contributed by atoms with van der Waals surface area (Å²) >= 11 is 0. The molecule has 0 rings (SSSR count). The third-order valence-corrected chi connectivity index (χ3v) is 1.09. The van der Waals surface area contributed by atoms with E-state index in [9.17, 15) is 0 Å². The van der Waals surface area contributed by atoms with Crippen LogP contribution < -0.4 is 5.73 Å². The van der Waals surface area contributed by atoms with E-state index >= 15 is 0 Å². The summed E-state index contributed by atoms with van der Waals surface area (Å²) in [7, 11) is 0. The first-order valence-electron chi connectivity index (χ1n) is 2.62. The zero-order valence-corrected chi connectivity index (χ0v) is 4.89. The molecule has 0 amide bonds. The summed E-state index contributed by atoms with van der Waals surface area (Å²) < 4.78 is 0. The summed E-state index contributed by atoms with van der Waals surface area (Å²) in [5.41, 5.74) is 5.37. The minimum absolute atomic E-state index is 0.0417. The molecule has 0 fully saturated rings. The normalized spacial score (nSPS) is 18.9. The van der Waals surface area contributed by atoms with Gasteiger partial charge in [-0.1, -0.05) is 6.92 Å². The van der Waals surface area contributed by atoms with Gasteiger partial charge < -0.3 is 10.8 Å². The van der Waals surface area contributed by atoms with Gasteiger partial charge in [-0.2, -0.15) is 0 Å². The van der Waals surface area contributed by atoms with Crippen LogP contribution in [0, 0.1) is 0 Å². The second-order valence-electron chi connectivity index (χ2n) is 1.81. The zero-order chi connectivity index (χ0) is 5.86. The molecular formula is C5H13NO. The molecule has 0 radical (unpaired) electrons. The van der Waals surface area contributed by atoms with E-state index in [1.807, 2.05) is 6.92 Å². The van der Waals surface area contributed by atoms with Crippen molar-refractivity contribution in [2.24, 2.45) is 5.73 Å². The van der Waals surface area contributed by atoms with Crippen LogP contribution in [0.3, 0.4) is 0 Å². The minimum Gasteiger partial charge on any atom is -0.392 e. The fourth-order valence-electron chi connectivity index (χ4n) is 0.341. The van der Waals surface area contributed by atoms with Crippen LogP contribution >= 0.6 is 0 Å². The fraction of sp³-hybridized carbons (Fsp3) is 1.00. The van der Waals surface area contributed by atoms with Gasteiger partial charge in [-0.3, -0.25) is 0 Å². The lowest BCUT2D eigenvalue weighted by molar-refractivity contribution is 0.161. The predicted octanol–water partition coefficient (Wildman–Crippen LogP) is 0.104. The Balaban J connectivity index is 3.14. The van der Waals surface area contributed by atoms with Crippen molar-refractivity contribution >= 4 is 0 Å². The SMILES string of the molecule is CCC(N)C(C)O. The minimum atomic E-state index is -0.356. The van der Waals surface area contributed by atoms with Gasteiger partial charge in [0.25, 0.3) is 0 Å². The van der Waals surface area contributed by atoms with Gasteiger partial charge in [0.05, 0.1) is 6.10 Å². The molecule has 2 atom stereocenters. The molecule has 0 aliphatic carbocycles. The van der Waals surface area contributed by atoms with Crippen molar-refractivity contribution in [2.45, 2.75) is 32.4 Å². The number of nitrogens with two attached hydrogens (primary N) is 1. The Bertz CT molecular complexity index is 45.3. The van der Waals surface area contributed by atoms with Gasteiger partial charge in [-0.25, -0.2) is 0 Å². The van der Waals surface area contributed by atoms with Crippen molar-refractivity contribution in [2.75, 3.05) is 0 Å². The molecule has 0 heterocycles. The maximum atomic E-state index is 8.70. The lowest BCUT2D eigenvalue weighted by Crippen LogP contribution is -2.31. The van der Waals surface area contributed by atoms with Crippen LogP contribution in [-0.2, 0) is 0 Å². The Morgan fingerprint density at radius 2 is 2.14 bits per heavy atom. The first-order chi connectivity index (χ1) is 3.18. The van der Waals surface area contributed by atoms with Gasteiger partial charge >= 0.3 is 0 Å². The van der Waals surface area contributed by atoms with Crippen molar-refractivity contribution in [3.05, 3.63) is 0 Å². The van der Waals surface area contributed by atoms with E-state index in [1.54, 1.807) is 6.92 Å². The lowest BCUT2D eigenvalue weighted by Gasteiger charge is -2.09. The molecule has 44 valence electrons. The van der Waals surface area contributed by atoms with Crippen LogP contribution in [0.5, 0.6) is 0 Å². The van der Waals surface area contributed by atoms with E-state index in [0.29, 0.717) is 0 Å². The Morgan fingerprint density at radius 3 is 2.14 bits per heavy atom. The Morgan fingerprint density at radius 1 is 1.71 bits per heavy atom. The first-order valence-corrected chi connectivity index (χ1v) is 2.62. The van der Waals surface area contributed by atoms with Crippen LogP contribution in [0.25, 0.3) is 0 Å². The quantitative estimate of drug-likeness (QED) is 0.521. The fourth-order valence-corrected chi connectivity index (χ4v) is 0.341. The molecule has 3 N–H and O–H groups in total. The molecule has 0 saturated carbocycles. The Hall–Kier alpha value is -0.0800. The number of hydrogen-bond acceptors (Lipinski definition) is 2. The van der Waals surface area contributed by atoms with Crippen molar-refractivity contribution < 1.29 is 5.11 Å². The second kappa shape index (κ2) is 2.99. The third kappa shape index (κ3) is 2.60. The average molecular weight is 103 g/mol. The van der Waals surface area contributed by atoms with E-state index in [2.05, 4.69) is 0 Å². The van der Waals surface area contributed by atoms with E-state index in [4.69, 9.17) is 10.8 Å². The molecule has 2 unspecified atom stereocenters. The monoisotopic (exact) mass is 103 g/mol. The maximum Gasteiger partial charge on any atom is 0.0662 e. The molecule has 2 nitrogen and oxygen atoms in total. The molecule has 0 aromatic rings. The number of rotatable bonds is 2. The summed E-state index contributed by atoms with van der Waals surface area (Å²) in [6.07, 6.45) is 0.488. The molecule has 0 spiro atoms. The molecule has 0 saturated heterocycles. The van der Waals surface area contributed by atoms with Crippen LogP contribution in [-0.4, -0.2) is 17.3 Å². The van der Waals surface area contributed by atoms with E-state index < -0.39 is 0 Å². The molecule has 0 aromatic heterocycles. The summed E-state index contributed by atoms with van der Waals surface area (Å²) in [6, 6.07) is -0.0417. The van der Waals surface area contributed by atoms with E-state index in [-0.39, 0.29) is 12.1 Å². The highest BCUT2D eigenvalue weighted by Gasteiger charge is 2.03. The van der Waals surface area contributed by atoms with Crippen molar-refractivity contribution in [1.29, 1.82) is 0 Å².